The zero-order chi connectivity index (χ0) is 18.0. The van der Waals surface area contributed by atoms with Crippen LogP contribution in [0.25, 0.3) is 0 Å². The van der Waals surface area contributed by atoms with Gasteiger partial charge >= 0.3 is 11.9 Å². The highest BCUT2D eigenvalue weighted by Crippen LogP contribution is 2.03. The minimum absolute atomic E-state index is 0.558. The van der Waals surface area contributed by atoms with Crippen LogP contribution in [-0.2, 0) is 20.7 Å². The van der Waals surface area contributed by atoms with Gasteiger partial charge in [-0.1, -0.05) is 32.6 Å². The summed E-state index contributed by atoms with van der Waals surface area (Å²) in [5, 5.41) is 15.6. The van der Waals surface area contributed by atoms with Gasteiger partial charge in [-0.15, -0.1) is 0 Å². The van der Waals surface area contributed by atoms with E-state index in [-0.39, 0.29) is 0 Å². The number of aliphatic carboxylic acids is 2. The fraction of sp³-hybridized carbons (Fsp3) is 0.588. The van der Waals surface area contributed by atoms with Gasteiger partial charge in [0.25, 0.3) is 0 Å². The quantitative estimate of drug-likeness (QED) is 0.398. The zero-order valence-electron chi connectivity index (χ0n) is 14.2. The van der Waals surface area contributed by atoms with Crippen molar-refractivity contribution in [3.63, 3.8) is 0 Å². The van der Waals surface area contributed by atoms with Gasteiger partial charge in [-0.2, -0.15) is 0 Å². The number of hydrogen-bond acceptors (Lipinski definition) is 4. The highest BCUT2D eigenvalue weighted by Gasteiger charge is 1.94. The summed E-state index contributed by atoms with van der Waals surface area (Å²) in [5.74, 6) is -2.51. The van der Waals surface area contributed by atoms with Crippen molar-refractivity contribution in [1.82, 2.24) is 9.97 Å². The first kappa shape index (κ1) is 21.9. The van der Waals surface area contributed by atoms with E-state index in [2.05, 4.69) is 16.9 Å². The molecule has 24 heavy (non-hydrogen) atoms. The molecule has 0 aliphatic rings. The maximum atomic E-state index is 9.55. The summed E-state index contributed by atoms with van der Waals surface area (Å²) in [6, 6.07) is 0. The molecule has 0 atom stereocenters. The van der Waals surface area contributed by atoms with Crippen molar-refractivity contribution < 1.29 is 24.5 Å². The number of rotatable bonds is 12. The zero-order valence-corrected chi connectivity index (χ0v) is 14.2. The maximum Gasteiger partial charge on any atom is 0.328 e. The third-order valence-electron chi connectivity index (χ3n) is 3.05. The highest BCUT2D eigenvalue weighted by molar-refractivity contribution is 5.89. The summed E-state index contributed by atoms with van der Waals surface area (Å²) in [6.07, 6.45) is 13.4. The summed E-state index contributed by atoms with van der Waals surface area (Å²) in [7, 11) is 0. The Morgan fingerprint density at radius 3 is 2.25 bits per heavy atom. The van der Waals surface area contributed by atoms with Gasteiger partial charge in [-0.25, -0.2) is 14.6 Å². The average molecular weight is 340 g/mol. The van der Waals surface area contributed by atoms with Gasteiger partial charge in [-0.3, -0.25) is 0 Å². The first-order chi connectivity index (χ1) is 11.6. The molecule has 1 aromatic rings. The normalized spacial score (nSPS) is 10.4. The third kappa shape index (κ3) is 16.2. The van der Waals surface area contributed by atoms with Crippen molar-refractivity contribution in [2.75, 3.05) is 13.2 Å². The number of nitrogens with zero attached hydrogens (tertiary/aromatic N) is 1. The Morgan fingerprint density at radius 1 is 1.08 bits per heavy atom. The number of nitrogens with one attached hydrogen (secondary N) is 1. The fourth-order valence-electron chi connectivity index (χ4n) is 1.84. The van der Waals surface area contributed by atoms with Crippen molar-refractivity contribution >= 4 is 11.9 Å². The number of carboxylic acids is 2. The predicted octanol–water partition coefficient (Wildman–Crippen LogP) is 3.04. The lowest BCUT2D eigenvalue weighted by Crippen LogP contribution is -1.99. The molecule has 0 spiro atoms. The van der Waals surface area contributed by atoms with E-state index in [9.17, 15) is 9.59 Å². The van der Waals surface area contributed by atoms with E-state index in [1.54, 1.807) is 6.33 Å². The van der Waals surface area contributed by atoms with Gasteiger partial charge in [0.15, 0.2) is 0 Å². The topological polar surface area (TPSA) is 113 Å². The molecule has 0 radical (unpaired) electrons. The second kappa shape index (κ2) is 15.7. The molecule has 1 heterocycles. The summed E-state index contributed by atoms with van der Waals surface area (Å²) in [4.78, 5) is 26.2. The summed E-state index contributed by atoms with van der Waals surface area (Å²) in [5.41, 5.74) is 1.20. The van der Waals surface area contributed by atoms with E-state index in [0.29, 0.717) is 12.2 Å². The van der Waals surface area contributed by atoms with Gasteiger partial charge in [0, 0.05) is 37.3 Å². The van der Waals surface area contributed by atoms with Crippen LogP contribution in [0, 0.1) is 0 Å². The Kier molecular flexibility index (Phi) is 14.3. The first-order valence-corrected chi connectivity index (χ1v) is 8.25. The summed E-state index contributed by atoms with van der Waals surface area (Å²) in [6.45, 7) is 4.03. The Bertz CT molecular complexity index is 442. The Morgan fingerprint density at radius 2 is 1.71 bits per heavy atom. The molecule has 0 aliphatic carbocycles. The van der Waals surface area contributed by atoms with E-state index >= 15 is 0 Å². The van der Waals surface area contributed by atoms with Crippen molar-refractivity contribution in [2.45, 2.75) is 51.9 Å². The highest BCUT2D eigenvalue weighted by atomic mass is 16.5. The standard InChI is InChI=1S/C13H24N2O.C4H4O4/c1-2-3-4-5-6-9-16-10-7-8-13-11-14-12-15-13;5-3(6)1-2-4(7)8/h11-12H,2-10H2,1H3,(H,14,15);1-2H,(H,5,6)(H,7,8)/b;2-1-. The molecule has 1 aromatic heterocycles. The van der Waals surface area contributed by atoms with Gasteiger partial charge in [0.1, 0.15) is 0 Å². The molecule has 0 saturated carbocycles. The largest absolute Gasteiger partial charge is 0.478 e. The number of aromatic nitrogens is 2. The van der Waals surface area contributed by atoms with Gasteiger partial charge in [0.2, 0.25) is 0 Å². The second-order valence-electron chi connectivity index (χ2n) is 5.22. The van der Waals surface area contributed by atoms with E-state index in [0.717, 1.165) is 26.1 Å². The minimum atomic E-state index is -1.26. The summed E-state index contributed by atoms with van der Waals surface area (Å²) < 4.78 is 5.58. The molecule has 0 unspecified atom stereocenters. The van der Waals surface area contributed by atoms with Crippen LogP contribution in [0.1, 0.15) is 51.1 Å². The monoisotopic (exact) mass is 340 g/mol. The molecule has 0 saturated heterocycles. The smallest absolute Gasteiger partial charge is 0.328 e. The third-order valence-corrected chi connectivity index (χ3v) is 3.05. The van der Waals surface area contributed by atoms with E-state index in [1.807, 2.05) is 6.20 Å². The number of carboxylic acid groups (broad SMARTS) is 2. The van der Waals surface area contributed by atoms with Crippen LogP contribution in [0.3, 0.4) is 0 Å². The van der Waals surface area contributed by atoms with Crippen LogP contribution in [0.15, 0.2) is 24.7 Å². The number of carbonyl (C=O) groups is 2. The number of imidazole rings is 1. The molecule has 1 rings (SSSR count). The molecule has 0 aromatic carbocycles. The maximum absolute atomic E-state index is 9.55. The predicted molar refractivity (Wildman–Crippen MR) is 90.9 cm³/mol. The number of ether oxygens (including phenoxy) is 1. The molecule has 7 heteroatoms. The SMILES string of the molecule is CCCCCCCOCCCc1cnc[nH]1.O=C(O)/C=C\C(=O)O. The Labute approximate surface area is 142 Å². The number of aryl methyl sites for hydroxylation is 1. The number of unbranched alkanes of at least 4 members (excludes halogenated alkanes) is 4. The molecule has 3 N–H and O–H groups in total. The minimum Gasteiger partial charge on any atom is -0.478 e. The summed E-state index contributed by atoms with van der Waals surface area (Å²) >= 11 is 0. The molecule has 136 valence electrons. The van der Waals surface area contributed by atoms with E-state index < -0.39 is 11.9 Å². The number of hydrogen-bond donors (Lipinski definition) is 3. The van der Waals surface area contributed by atoms with E-state index in [1.165, 1.54) is 37.8 Å². The van der Waals surface area contributed by atoms with Gasteiger partial charge in [-0.05, 0) is 19.3 Å². The van der Waals surface area contributed by atoms with Crippen LogP contribution in [0.4, 0.5) is 0 Å². The van der Waals surface area contributed by atoms with Crippen molar-refractivity contribution in [3.8, 4) is 0 Å². The second-order valence-corrected chi connectivity index (χ2v) is 5.22. The molecule has 7 nitrogen and oxygen atoms in total. The van der Waals surface area contributed by atoms with Crippen LogP contribution in [0.5, 0.6) is 0 Å². The van der Waals surface area contributed by atoms with Crippen molar-refractivity contribution in [1.29, 1.82) is 0 Å². The molecule has 0 amide bonds. The van der Waals surface area contributed by atoms with Crippen LogP contribution >= 0.6 is 0 Å². The fourth-order valence-corrected chi connectivity index (χ4v) is 1.84. The molecular weight excluding hydrogens is 312 g/mol. The van der Waals surface area contributed by atoms with Crippen LogP contribution in [0.2, 0.25) is 0 Å². The van der Waals surface area contributed by atoms with Crippen LogP contribution < -0.4 is 0 Å². The lowest BCUT2D eigenvalue weighted by atomic mass is 10.2. The first-order valence-electron chi connectivity index (χ1n) is 8.25. The molecule has 0 bridgehead atoms. The molecular formula is C17H28N2O5. The van der Waals surface area contributed by atoms with Crippen LogP contribution in [-0.4, -0.2) is 45.3 Å². The molecule has 0 aliphatic heterocycles. The van der Waals surface area contributed by atoms with Crippen molar-refractivity contribution in [2.24, 2.45) is 0 Å². The van der Waals surface area contributed by atoms with Crippen molar-refractivity contribution in [3.05, 3.63) is 30.4 Å². The van der Waals surface area contributed by atoms with Gasteiger partial charge < -0.3 is 19.9 Å². The van der Waals surface area contributed by atoms with Gasteiger partial charge in [0.05, 0.1) is 6.33 Å². The average Bonchev–Trinajstić information content (AvgIpc) is 3.05. The lowest BCUT2D eigenvalue weighted by Gasteiger charge is -2.03. The Hall–Kier alpha value is -2.15. The lowest BCUT2D eigenvalue weighted by molar-refractivity contribution is -0.134. The van der Waals surface area contributed by atoms with E-state index in [4.69, 9.17) is 14.9 Å². The molecule has 0 fully saturated rings. The Balaban J connectivity index is 0.000000561. The number of H-pyrrole nitrogens is 1. The number of aromatic amines is 1.